The van der Waals surface area contributed by atoms with Crippen LogP contribution in [0.15, 0.2) is 45.6 Å². The summed E-state index contributed by atoms with van der Waals surface area (Å²) < 4.78 is 10.8. The lowest BCUT2D eigenvalue weighted by molar-refractivity contribution is -0.255. The summed E-state index contributed by atoms with van der Waals surface area (Å²) in [4.78, 5) is 35.1. The molecule has 0 bridgehead atoms. The number of carboxylic acids is 1. The van der Waals surface area contributed by atoms with Gasteiger partial charge in [-0.3, -0.25) is 4.79 Å². The Labute approximate surface area is 134 Å². The Balaban J connectivity index is 2.08. The highest BCUT2D eigenvalue weighted by molar-refractivity contribution is 6.00. The summed E-state index contributed by atoms with van der Waals surface area (Å²) in [6.07, 6.45) is 0. The van der Waals surface area contributed by atoms with Crippen molar-refractivity contribution >= 4 is 22.7 Å². The third kappa shape index (κ3) is 2.65. The SMILES string of the molecule is COC(=O)c1ccc(Cn2nc(C(=O)[O-])c3ccccc3c2=O)o1. The van der Waals surface area contributed by atoms with E-state index in [0.717, 1.165) is 4.68 Å². The van der Waals surface area contributed by atoms with E-state index >= 15 is 0 Å². The first-order valence-electron chi connectivity index (χ1n) is 6.89. The van der Waals surface area contributed by atoms with Gasteiger partial charge in [0, 0.05) is 5.39 Å². The number of furan rings is 1. The second kappa shape index (κ2) is 5.99. The molecule has 2 heterocycles. The highest BCUT2D eigenvalue weighted by Gasteiger charge is 2.15. The molecule has 0 saturated heterocycles. The van der Waals surface area contributed by atoms with Crippen LogP contribution in [0.2, 0.25) is 0 Å². The van der Waals surface area contributed by atoms with Crippen LogP contribution in [0.25, 0.3) is 10.8 Å². The number of aromatic carboxylic acids is 1. The molecule has 24 heavy (non-hydrogen) atoms. The lowest BCUT2D eigenvalue weighted by Gasteiger charge is -2.10. The van der Waals surface area contributed by atoms with Gasteiger partial charge in [0.1, 0.15) is 18.0 Å². The number of esters is 1. The largest absolute Gasteiger partial charge is 0.543 e. The van der Waals surface area contributed by atoms with Gasteiger partial charge in [0.15, 0.2) is 0 Å². The Morgan fingerprint density at radius 2 is 1.92 bits per heavy atom. The first-order chi connectivity index (χ1) is 11.5. The number of rotatable bonds is 4. The van der Waals surface area contributed by atoms with Crippen LogP contribution in [0.4, 0.5) is 0 Å². The summed E-state index contributed by atoms with van der Waals surface area (Å²) in [5.74, 6) is -1.92. The molecule has 0 aliphatic carbocycles. The Kier molecular flexibility index (Phi) is 3.87. The first kappa shape index (κ1) is 15.5. The number of aromatic nitrogens is 2. The molecule has 0 aliphatic rings. The molecule has 0 atom stereocenters. The Bertz CT molecular complexity index is 1000. The number of nitrogens with zero attached hydrogens (tertiary/aromatic N) is 2. The fourth-order valence-corrected chi connectivity index (χ4v) is 2.31. The monoisotopic (exact) mass is 327 g/mol. The van der Waals surface area contributed by atoms with E-state index in [-0.39, 0.29) is 34.5 Å². The van der Waals surface area contributed by atoms with Crippen molar-refractivity contribution in [3.8, 4) is 0 Å². The summed E-state index contributed by atoms with van der Waals surface area (Å²) in [6.45, 7) is -0.138. The van der Waals surface area contributed by atoms with E-state index in [0.29, 0.717) is 0 Å². The quantitative estimate of drug-likeness (QED) is 0.628. The summed E-state index contributed by atoms with van der Waals surface area (Å²) in [6, 6.07) is 9.09. The van der Waals surface area contributed by atoms with Crippen molar-refractivity contribution in [3.63, 3.8) is 0 Å². The van der Waals surface area contributed by atoms with Crippen molar-refractivity contribution < 1.29 is 23.8 Å². The minimum absolute atomic E-state index is 0.0264. The Morgan fingerprint density at radius 1 is 1.21 bits per heavy atom. The Morgan fingerprint density at radius 3 is 2.58 bits per heavy atom. The van der Waals surface area contributed by atoms with E-state index in [4.69, 9.17) is 4.42 Å². The van der Waals surface area contributed by atoms with Gasteiger partial charge in [0.05, 0.1) is 18.5 Å². The van der Waals surface area contributed by atoms with E-state index in [1.165, 1.54) is 31.4 Å². The molecule has 0 aliphatic heterocycles. The summed E-state index contributed by atoms with van der Waals surface area (Å²) in [5.41, 5.74) is -0.823. The fraction of sp³-hybridized carbons (Fsp3) is 0.125. The predicted octanol–water partition coefficient (Wildman–Crippen LogP) is 0.188. The molecule has 0 saturated carbocycles. The average Bonchev–Trinajstić information content (AvgIpc) is 3.05. The van der Waals surface area contributed by atoms with Crippen molar-refractivity contribution in [2.45, 2.75) is 6.54 Å². The van der Waals surface area contributed by atoms with Gasteiger partial charge in [-0.05, 0) is 18.2 Å². The van der Waals surface area contributed by atoms with Crippen LogP contribution in [-0.4, -0.2) is 28.8 Å². The summed E-state index contributed by atoms with van der Waals surface area (Å²) >= 11 is 0. The normalized spacial score (nSPS) is 10.7. The molecular formula is C16H11N2O6-. The van der Waals surface area contributed by atoms with Crippen molar-refractivity contribution in [2.75, 3.05) is 7.11 Å². The molecule has 8 nitrogen and oxygen atoms in total. The average molecular weight is 327 g/mol. The highest BCUT2D eigenvalue weighted by atomic mass is 16.5. The lowest BCUT2D eigenvalue weighted by Crippen LogP contribution is -2.31. The van der Waals surface area contributed by atoms with E-state index in [9.17, 15) is 19.5 Å². The fourth-order valence-electron chi connectivity index (χ4n) is 2.31. The van der Waals surface area contributed by atoms with Gasteiger partial charge < -0.3 is 19.1 Å². The molecule has 122 valence electrons. The van der Waals surface area contributed by atoms with Crippen LogP contribution in [0, 0.1) is 0 Å². The predicted molar refractivity (Wildman–Crippen MR) is 79.5 cm³/mol. The minimum Gasteiger partial charge on any atom is -0.543 e. The van der Waals surface area contributed by atoms with Crippen molar-refractivity contribution in [1.82, 2.24) is 9.78 Å². The van der Waals surface area contributed by atoms with Crippen LogP contribution in [0.1, 0.15) is 26.8 Å². The second-order valence-electron chi connectivity index (χ2n) is 4.90. The van der Waals surface area contributed by atoms with Crippen LogP contribution in [0.3, 0.4) is 0 Å². The number of hydrogen-bond donors (Lipinski definition) is 0. The number of carboxylic acid groups (broad SMARTS) is 1. The molecule has 0 radical (unpaired) electrons. The molecule has 3 rings (SSSR count). The maximum atomic E-state index is 12.5. The number of carbonyl (C=O) groups excluding carboxylic acids is 2. The second-order valence-corrected chi connectivity index (χ2v) is 4.90. The first-order valence-corrected chi connectivity index (χ1v) is 6.89. The third-order valence-corrected chi connectivity index (χ3v) is 3.41. The molecule has 0 fully saturated rings. The molecule has 0 N–H and O–H groups in total. The minimum atomic E-state index is -1.49. The zero-order chi connectivity index (χ0) is 17.3. The third-order valence-electron chi connectivity index (χ3n) is 3.41. The van der Waals surface area contributed by atoms with E-state index in [1.807, 2.05) is 0 Å². The summed E-state index contributed by atoms with van der Waals surface area (Å²) in [7, 11) is 1.21. The highest BCUT2D eigenvalue weighted by Crippen LogP contribution is 2.14. The topological polar surface area (TPSA) is 114 Å². The number of fused-ring (bicyclic) bond motifs is 1. The number of benzene rings is 1. The van der Waals surface area contributed by atoms with Gasteiger partial charge >= 0.3 is 5.97 Å². The number of hydrogen-bond acceptors (Lipinski definition) is 7. The molecule has 0 amide bonds. The number of carbonyl (C=O) groups is 2. The maximum Gasteiger partial charge on any atom is 0.373 e. The zero-order valence-corrected chi connectivity index (χ0v) is 12.5. The number of ether oxygens (including phenoxy) is 1. The van der Waals surface area contributed by atoms with E-state index in [2.05, 4.69) is 9.84 Å². The van der Waals surface area contributed by atoms with Gasteiger partial charge in [-0.1, -0.05) is 18.2 Å². The molecule has 0 spiro atoms. The standard InChI is InChI=1S/C16H12N2O6/c1-23-16(22)12-7-6-9(24-12)8-18-14(19)11-5-3-2-4-10(11)13(17-18)15(20)21/h2-7H,8H2,1H3,(H,20,21)/p-1. The molecule has 8 heteroatoms. The van der Waals surface area contributed by atoms with Gasteiger partial charge in [-0.15, -0.1) is 0 Å². The van der Waals surface area contributed by atoms with Gasteiger partial charge in [-0.25, -0.2) is 9.48 Å². The van der Waals surface area contributed by atoms with Crippen molar-refractivity contribution in [2.24, 2.45) is 0 Å². The molecule has 3 aromatic rings. The van der Waals surface area contributed by atoms with Crippen LogP contribution >= 0.6 is 0 Å². The molecule has 2 aromatic heterocycles. The lowest BCUT2D eigenvalue weighted by atomic mass is 10.1. The zero-order valence-electron chi connectivity index (χ0n) is 12.5. The summed E-state index contributed by atoms with van der Waals surface area (Å²) in [5, 5.41) is 15.5. The Hall–Kier alpha value is -3.42. The van der Waals surface area contributed by atoms with E-state index in [1.54, 1.807) is 12.1 Å². The smallest absolute Gasteiger partial charge is 0.373 e. The van der Waals surface area contributed by atoms with Gasteiger partial charge in [-0.2, -0.15) is 5.10 Å². The van der Waals surface area contributed by atoms with Crippen molar-refractivity contribution in [3.05, 3.63) is 64.0 Å². The molecule has 0 unspecified atom stereocenters. The van der Waals surface area contributed by atoms with Gasteiger partial charge in [0.25, 0.3) is 5.56 Å². The van der Waals surface area contributed by atoms with E-state index < -0.39 is 17.5 Å². The van der Waals surface area contributed by atoms with Crippen LogP contribution in [0.5, 0.6) is 0 Å². The number of methoxy groups -OCH3 is 1. The van der Waals surface area contributed by atoms with Gasteiger partial charge in [0.2, 0.25) is 5.76 Å². The molecular weight excluding hydrogens is 316 g/mol. The van der Waals surface area contributed by atoms with Crippen LogP contribution < -0.4 is 10.7 Å². The van der Waals surface area contributed by atoms with Crippen molar-refractivity contribution in [1.29, 1.82) is 0 Å². The van der Waals surface area contributed by atoms with Crippen LogP contribution in [-0.2, 0) is 11.3 Å². The maximum absolute atomic E-state index is 12.5. The molecule has 1 aromatic carbocycles.